The second-order valence-corrected chi connectivity index (χ2v) is 7.52. The number of aryl methyl sites for hydroxylation is 1. The highest BCUT2D eigenvalue weighted by Gasteiger charge is 2.14. The zero-order valence-corrected chi connectivity index (χ0v) is 18.2. The van der Waals surface area contributed by atoms with Gasteiger partial charge in [-0.25, -0.2) is 0 Å². The van der Waals surface area contributed by atoms with Crippen LogP contribution in [0.1, 0.15) is 28.4 Å². The van der Waals surface area contributed by atoms with Crippen LogP contribution >= 0.6 is 15.9 Å². The van der Waals surface area contributed by atoms with E-state index in [1.807, 2.05) is 48.5 Å². The number of hydrogen-bond donors (Lipinski definition) is 2. The molecule has 0 spiro atoms. The van der Waals surface area contributed by atoms with E-state index in [9.17, 15) is 9.59 Å². The zero-order valence-electron chi connectivity index (χ0n) is 16.7. The van der Waals surface area contributed by atoms with Gasteiger partial charge in [0.15, 0.2) is 6.61 Å². The summed E-state index contributed by atoms with van der Waals surface area (Å²) < 4.78 is 6.42. The van der Waals surface area contributed by atoms with Crippen LogP contribution in [0.4, 0.5) is 5.69 Å². The Morgan fingerprint density at radius 1 is 0.933 bits per heavy atom. The molecule has 0 aliphatic rings. The monoisotopic (exact) mass is 466 g/mol. The van der Waals surface area contributed by atoms with Crippen LogP contribution in [-0.4, -0.2) is 18.4 Å². The fourth-order valence-corrected chi connectivity index (χ4v) is 3.42. The number of benzene rings is 3. The molecule has 0 bridgehead atoms. The Hall–Kier alpha value is -3.12. The summed E-state index contributed by atoms with van der Waals surface area (Å²) in [7, 11) is 0. The Bertz CT molecular complexity index is 1020. The van der Waals surface area contributed by atoms with Crippen LogP contribution in [0, 0.1) is 0 Å². The summed E-state index contributed by atoms with van der Waals surface area (Å²) in [6.45, 7) is 2.32. The lowest BCUT2D eigenvalue weighted by Crippen LogP contribution is -2.26. The minimum atomic E-state index is -0.343. The third kappa shape index (κ3) is 5.94. The maximum atomic E-state index is 12.6. The topological polar surface area (TPSA) is 67.4 Å². The molecule has 3 rings (SSSR count). The number of halogens is 1. The summed E-state index contributed by atoms with van der Waals surface area (Å²) in [4.78, 5) is 25.0. The van der Waals surface area contributed by atoms with Crippen molar-refractivity contribution in [3.05, 3.63) is 94.0 Å². The second kappa shape index (κ2) is 10.6. The van der Waals surface area contributed by atoms with Gasteiger partial charge in [0.1, 0.15) is 5.75 Å². The second-order valence-electron chi connectivity index (χ2n) is 6.67. The van der Waals surface area contributed by atoms with Crippen molar-refractivity contribution in [2.24, 2.45) is 0 Å². The van der Waals surface area contributed by atoms with Crippen molar-refractivity contribution in [1.82, 2.24) is 5.32 Å². The number of ether oxygens (including phenoxy) is 1. The van der Waals surface area contributed by atoms with Gasteiger partial charge in [0.2, 0.25) is 0 Å². The van der Waals surface area contributed by atoms with Gasteiger partial charge >= 0.3 is 0 Å². The summed E-state index contributed by atoms with van der Waals surface area (Å²) in [5, 5.41) is 5.64. The zero-order chi connectivity index (χ0) is 21.3. The molecule has 0 aromatic heterocycles. The van der Waals surface area contributed by atoms with E-state index < -0.39 is 0 Å². The quantitative estimate of drug-likeness (QED) is 0.492. The molecular weight excluding hydrogens is 444 g/mol. The van der Waals surface area contributed by atoms with E-state index in [1.165, 1.54) is 5.56 Å². The fourth-order valence-electron chi connectivity index (χ4n) is 2.87. The largest absolute Gasteiger partial charge is 0.483 e. The number of carbonyl (C=O) groups is 2. The Morgan fingerprint density at radius 3 is 2.40 bits per heavy atom. The SMILES string of the molecule is CCc1ccc(OCC(=O)Nc2ccccc2C(=O)NCc2ccccc2)c(Br)c1. The highest BCUT2D eigenvalue weighted by Crippen LogP contribution is 2.26. The molecule has 154 valence electrons. The van der Waals surface area contributed by atoms with Gasteiger partial charge in [-0.1, -0.05) is 55.5 Å². The molecule has 2 amide bonds. The molecule has 0 heterocycles. The van der Waals surface area contributed by atoms with Gasteiger partial charge < -0.3 is 15.4 Å². The first-order chi connectivity index (χ1) is 14.6. The first-order valence-corrected chi connectivity index (χ1v) is 10.5. The standard InChI is InChI=1S/C24H23BrN2O3/c1-2-17-12-13-22(20(25)14-17)30-16-23(28)27-21-11-7-6-10-19(21)24(29)26-15-18-8-4-3-5-9-18/h3-14H,2,15-16H2,1H3,(H,26,29)(H,27,28). The van der Waals surface area contributed by atoms with Gasteiger partial charge in [0.25, 0.3) is 11.8 Å². The smallest absolute Gasteiger partial charge is 0.262 e. The van der Waals surface area contributed by atoms with E-state index in [2.05, 4.69) is 33.5 Å². The molecule has 3 aromatic rings. The highest BCUT2D eigenvalue weighted by molar-refractivity contribution is 9.10. The maximum absolute atomic E-state index is 12.6. The Kier molecular flexibility index (Phi) is 7.63. The van der Waals surface area contributed by atoms with Gasteiger partial charge in [-0.05, 0) is 57.7 Å². The van der Waals surface area contributed by atoms with Gasteiger partial charge in [-0.2, -0.15) is 0 Å². The number of nitrogens with one attached hydrogen (secondary N) is 2. The van der Waals surface area contributed by atoms with Crippen molar-refractivity contribution in [1.29, 1.82) is 0 Å². The first-order valence-electron chi connectivity index (χ1n) is 9.69. The summed E-state index contributed by atoms with van der Waals surface area (Å²) in [5.74, 6) is -0.00501. The van der Waals surface area contributed by atoms with Crippen LogP contribution in [0.25, 0.3) is 0 Å². The molecule has 0 aliphatic carbocycles. The molecular formula is C24H23BrN2O3. The summed E-state index contributed by atoms with van der Waals surface area (Å²) in [6.07, 6.45) is 0.919. The van der Waals surface area contributed by atoms with Crippen LogP contribution < -0.4 is 15.4 Å². The van der Waals surface area contributed by atoms with Crippen molar-refractivity contribution < 1.29 is 14.3 Å². The predicted molar refractivity (Wildman–Crippen MR) is 122 cm³/mol. The van der Waals surface area contributed by atoms with Crippen LogP contribution in [-0.2, 0) is 17.8 Å². The van der Waals surface area contributed by atoms with E-state index in [1.54, 1.807) is 24.3 Å². The lowest BCUT2D eigenvalue weighted by atomic mass is 10.1. The average Bonchev–Trinajstić information content (AvgIpc) is 2.77. The number of hydrogen-bond acceptors (Lipinski definition) is 3. The van der Waals surface area contributed by atoms with E-state index >= 15 is 0 Å². The first kappa shape index (κ1) is 21.6. The Morgan fingerprint density at radius 2 is 1.67 bits per heavy atom. The number of rotatable bonds is 8. The Labute approximate surface area is 184 Å². The van der Waals surface area contributed by atoms with Crippen molar-refractivity contribution in [3.8, 4) is 5.75 Å². The number of para-hydroxylation sites is 1. The minimum Gasteiger partial charge on any atom is -0.483 e. The molecule has 5 nitrogen and oxygen atoms in total. The summed E-state index contributed by atoms with van der Waals surface area (Å²) in [5.41, 5.74) is 3.02. The van der Waals surface area contributed by atoms with Crippen molar-refractivity contribution in [3.63, 3.8) is 0 Å². The lowest BCUT2D eigenvalue weighted by molar-refractivity contribution is -0.118. The van der Waals surface area contributed by atoms with Gasteiger partial charge in [-0.3, -0.25) is 9.59 Å². The van der Waals surface area contributed by atoms with E-state index in [0.29, 0.717) is 23.5 Å². The minimum absolute atomic E-state index is 0.163. The molecule has 0 atom stereocenters. The average molecular weight is 467 g/mol. The van der Waals surface area contributed by atoms with Crippen LogP contribution in [0.3, 0.4) is 0 Å². The molecule has 0 unspecified atom stereocenters. The maximum Gasteiger partial charge on any atom is 0.262 e. The molecule has 0 aliphatic heterocycles. The third-order valence-corrected chi connectivity index (χ3v) is 5.12. The van der Waals surface area contributed by atoms with Crippen LogP contribution in [0.2, 0.25) is 0 Å². The molecule has 30 heavy (non-hydrogen) atoms. The number of carbonyl (C=O) groups excluding carboxylic acids is 2. The van der Waals surface area contributed by atoms with Gasteiger partial charge in [-0.15, -0.1) is 0 Å². The van der Waals surface area contributed by atoms with E-state index in [-0.39, 0.29) is 18.4 Å². The van der Waals surface area contributed by atoms with Crippen LogP contribution in [0.5, 0.6) is 5.75 Å². The summed E-state index contributed by atoms with van der Waals surface area (Å²) in [6, 6.07) is 22.3. The van der Waals surface area contributed by atoms with Crippen LogP contribution in [0.15, 0.2) is 77.3 Å². The van der Waals surface area contributed by atoms with Gasteiger partial charge in [0, 0.05) is 6.54 Å². The highest BCUT2D eigenvalue weighted by atomic mass is 79.9. The summed E-state index contributed by atoms with van der Waals surface area (Å²) >= 11 is 3.46. The molecule has 0 saturated carbocycles. The van der Waals surface area contributed by atoms with Crippen molar-refractivity contribution >= 4 is 33.4 Å². The molecule has 2 N–H and O–H groups in total. The Balaban J connectivity index is 1.59. The molecule has 0 fully saturated rings. The third-order valence-electron chi connectivity index (χ3n) is 4.50. The molecule has 3 aromatic carbocycles. The number of amides is 2. The predicted octanol–water partition coefficient (Wildman–Crippen LogP) is 4.96. The van der Waals surface area contributed by atoms with Gasteiger partial charge in [0.05, 0.1) is 15.7 Å². The molecule has 0 radical (unpaired) electrons. The number of anilines is 1. The lowest BCUT2D eigenvalue weighted by Gasteiger charge is -2.13. The molecule has 6 heteroatoms. The van der Waals surface area contributed by atoms with E-state index in [4.69, 9.17) is 4.74 Å². The van der Waals surface area contributed by atoms with Crippen molar-refractivity contribution in [2.45, 2.75) is 19.9 Å². The normalized spacial score (nSPS) is 10.3. The van der Waals surface area contributed by atoms with Crippen molar-refractivity contribution in [2.75, 3.05) is 11.9 Å². The molecule has 0 saturated heterocycles. The fraction of sp³-hybridized carbons (Fsp3) is 0.167. The van der Waals surface area contributed by atoms with E-state index in [0.717, 1.165) is 16.5 Å².